The summed E-state index contributed by atoms with van der Waals surface area (Å²) in [5.74, 6) is 0.128. The predicted molar refractivity (Wildman–Crippen MR) is 105 cm³/mol. The van der Waals surface area contributed by atoms with Crippen molar-refractivity contribution in [2.45, 2.75) is 66.2 Å². The molecule has 26 heavy (non-hydrogen) atoms. The van der Waals surface area contributed by atoms with E-state index in [1.165, 1.54) is 0 Å². The van der Waals surface area contributed by atoms with Gasteiger partial charge in [-0.3, -0.25) is 9.36 Å². The second-order valence-corrected chi connectivity index (χ2v) is 9.66. The zero-order valence-electron chi connectivity index (χ0n) is 17.0. The Morgan fingerprint density at radius 1 is 1.08 bits per heavy atom. The molecule has 0 bridgehead atoms. The minimum Gasteiger partial charge on any atom is -0.426 e. The van der Waals surface area contributed by atoms with Crippen LogP contribution < -0.4 is 4.74 Å². The summed E-state index contributed by atoms with van der Waals surface area (Å²) in [5.41, 5.74) is 1.83. The van der Waals surface area contributed by atoms with Crippen molar-refractivity contribution in [3.8, 4) is 5.75 Å². The van der Waals surface area contributed by atoms with Gasteiger partial charge >= 0.3 is 13.6 Å². The third-order valence-electron chi connectivity index (χ3n) is 3.74. The summed E-state index contributed by atoms with van der Waals surface area (Å²) < 4.78 is 29.1. The van der Waals surface area contributed by atoms with E-state index in [-0.39, 0.29) is 18.0 Å². The Labute approximate surface area is 158 Å². The molecule has 1 rings (SSSR count). The van der Waals surface area contributed by atoms with E-state index in [0.717, 1.165) is 24.0 Å². The van der Waals surface area contributed by atoms with Crippen molar-refractivity contribution in [3.05, 3.63) is 29.3 Å². The molecule has 0 aliphatic heterocycles. The number of carbonyl (C=O) groups excluding carboxylic acids is 1. The molecular formula is C20H33O5P. The zero-order valence-corrected chi connectivity index (χ0v) is 17.9. The van der Waals surface area contributed by atoms with Gasteiger partial charge in [-0.25, -0.2) is 0 Å². The maximum absolute atomic E-state index is 12.7. The van der Waals surface area contributed by atoms with Crippen molar-refractivity contribution in [2.75, 3.05) is 19.4 Å². The Kier molecular flexibility index (Phi) is 9.02. The third-order valence-corrected chi connectivity index (χ3v) is 5.67. The third kappa shape index (κ3) is 7.61. The lowest BCUT2D eigenvalue weighted by Gasteiger charge is -2.23. The van der Waals surface area contributed by atoms with Gasteiger partial charge in [0.15, 0.2) is 0 Å². The SMILES string of the molecule is CCCOP(=O)(CCC(=O)Oc1cc(C)ccc1C(C)(C)C)OCCC. The highest BCUT2D eigenvalue weighted by Crippen LogP contribution is 2.49. The van der Waals surface area contributed by atoms with Crippen molar-refractivity contribution in [3.63, 3.8) is 0 Å². The first-order valence-corrected chi connectivity index (χ1v) is 11.0. The largest absolute Gasteiger partial charge is 0.426 e. The quantitative estimate of drug-likeness (QED) is 0.297. The van der Waals surface area contributed by atoms with Gasteiger partial charge in [0.1, 0.15) is 5.75 Å². The van der Waals surface area contributed by atoms with Crippen LogP contribution in [0.5, 0.6) is 5.75 Å². The van der Waals surface area contributed by atoms with E-state index in [2.05, 4.69) is 20.8 Å². The summed E-state index contributed by atoms with van der Waals surface area (Å²) in [6, 6.07) is 5.85. The number of benzene rings is 1. The molecule has 0 spiro atoms. The molecule has 0 fully saturated rings. The normalized spacial score (nSPS) is 12.2. The van der Waals surface area contributed by atoms with Crippen LogP contribution in [0.4, 0.5) is 0 Å². The first kappa shape index (κ1) is 22.9. The number of hydrogen-bond donors (Lipinski definition) is 0. The lowest BCUT2D eigenvalue weighted by atomic mass is 9.86. The predicted octanol–water partition coefficient (Wildman–Crippen LogP) is 5.63. The van der Waals surface area contributed by atoms with Gasteiger partial charge in [0, 0.05) is 5.56 Å². The summed E-state index contributed by atoms with van der Waals surface area (Å²) >= 11 is 0. The summed E-state index contributed by atoms with van der Waals surface area (Å²) in [4.78, 5) is 12.3. The maximum atomic E-state index is 12.7. The highest BCUT2D eigenvalue weighted by Gasteiger charge is 2.27. The first-order valence-electron chi connectivity index (χ1n) is 9.31. The smallest absolute Gasteiger partial charge is 0.331 e. The molecule has 0 saturated heterocycles. The molecule has 1 aromatic rings. The molecular weight excluding hydrogens is 351 g/mol. The molecule has 6 heteroatoms. The molecule has 0 radical (unpaired) electrons. The summed E-state index contributed by atoms with van der Waals surface area (Å²) in [7, 11) is -3.27. The second kappa shape index (κ2) is 10.2. The van der Waals surface area contributed by atoms with Crippen molar-refractivity contribution in [1.82, 2.24) is 0 Å². The fourth-order valence-electron chi connectivity index (χ4n) is 2.36. The van der Waals surface area contributed by atoms with Crippen LogP contribution in [0.25, 0.3) is 0 Å². The van der Waals surface area contributed by atoms with Gasteiger partial charge in [-0.2, -0.15) is 0 Å². The average Bonchev–Trinajstić information content (AvgIpc) is 2.55. The number of aryl methyl sites for hydroxylation is 1. The van der Waals surface area contributed by atoms with Gasteiger partial charge in [0.05, 0.1) is 25.8 Å². The highest BCUT2D eigenvalue weighted by atomic mass is 31.2. The first-order chi connectivity index (χ1) is 12.1. The van der Waals surface area contributed by atoms with Gasteiger partial charge in [-0.15, -0.1) is 0 Å². The molecule has 148 valence electrons. The van der Waals surface area contributed by atoms with Crippen LogP contribution in [0, 0.1) is 6.92 Å². The Bertz CT molecular complexity index is 622. The van der Waals surface area contributed by atoms with Gasteiger partial charge in [0.25, 0.3) is 0 Å². The van der Waals surface area contributed by atoms with E-state index in [9.17, 15) is 9.36 Å². The van der Waals surface area contributed by atoms with E-state index < -0.39 is 13.6 Å². The van der Waals surface area contributed by atoms with E-state index in [4.69, 9.17) is 13.8 Å². The molecule has 0 heterocycles. The Balaban J connectivity index is 2.79. The fraction of sp³-hybridized carbons (Fsp3) is 0.650. The summed E-state index contributed by atoms with van der Waals surface area (Å²) in [6.07, 6.45) is 1.50. The molecule has 0 saturated carbocycles. The maximum Gasteiger partial charge on any atom is 0.331 e. The number of hydrogen-bond acceptors (Lipinski definition) is 5. The van der Waals surface area contributed by atoms with E-state index in [1.807, 2.05) is 39.0 Å². The van der Waals surface area contributed by atoms with Crippen LogP contribution in [-0.2, 0) is 23.8 Å². The average molecular weight is 384 g/mol. The minimum absolute atomic E-state index is 0.0117. The monoisotopic (exact) mass is 384 g/mol. The Morgan fingerprint density at radius 2 is 1.65 bits per heavy atom. The summed E-state index contributed by atoms with van der Waals surface area (Å²) in [5, 5.41) is 0. The molecule has 0 aliphatic rings. The molecule has 0 amide bonds. The number of esters is 1. The Hall–Kier alpha value is -1.16. The number of ether oxygens (including phenoxy) is 1. The van der Waals surface area contributed by atoms with Crippen LogP contribution in [0.2, 0.25) is 0 Å². The number of rotatable bonds is 10. The Morgan fingerprint density at radius 3 is 2.15 bits per heavy atom. The van der Waals surface area contributed by atoms with Crippen LogP contribution in [0.3, 0.4) is 0 Å². The standard InChI is InChI=1S/C20H33O5P/c1-7-12-23-26(22,24-13-8-2)14-11-19(21)25-18-15-16(3)9-10-17(18)20(4,5)6/h9-10,15H,7-8,11-14H2,1-6H3. The van der Waals surface area contributed by atoms with E-state index >= 15 is 0 Å². The zero-order chi connectivity index (χ0) is 19.8. The van der Waals surface area contributed by atoms with Gasteiger partial charge in [-0.05, 0) is 36.8 Å². The molecule has 0 aromatic heterocycles. The topological polar surface area (TPSA) is 61.8 Å². The molecule has 0 N–H and O–H groups in total. The van der Waals surface area contributed by atoms with Crippen LogP contribution >= 0.6 is 7.60 Å². The highest BCUT2D eigenvalue weighted by molar-refractivity contribution is 7.53. The molecule has 5 nitrogen and oxygen atoms in total. The molecule has 0 aliphatic carbocycles. The van der Waals surface area contributed by atoms with E-state index in [1.54, 1.807) is 0 Å². The molecule has 1 aromatic carbocycles. The van der Waals surface area contributed by atoms with E-state index in [0.29, 0.717) is 19.0 Å². The second-order valence-electron chi connectivity index (χ2n) is 7.47. The van der Waals surface area contributed by atoms with Crippen molar-refractivity contribution in [1.29, 1.82) is 0 Å². The van der Waals surface area contributed by atoms with Crippen LogP contribution in [0.1, 0.15) is 65.0 Å². The molecule has 0 atom stereocenters. The molecule has 0 unspecified atom stereocenters. The van der Waals surface area contributed by atoms with Gasteiger partial charge < -0.3 is 13.8 Å². The van der Waals surface area contributed by atoms with Gasteiger partial charge in [-0.1, -0.05) is 46.8 Å². The minimum atomic E-state index is -3.27. The fourth-order valence-corrected chi connectivity index (χ4v) is 4.07. The lowest BCUT2D eigenvalue weighted by Crippen LogP contribution is -2.17. The number of carbonyl (C=O) groups is 1. The lowest BCUT2D eigenvalue weighted by molar-refractivity contribution is -0.134. The van der Waals surface area contributed by atoms with Crippen LogP contribution in [0.15, 0.2) is 18.2 Å². The summed E-state index contributed by atoms with van der Waals surface area (Å²) in [6.45, 7) is 12.7. The van der Waals surface area contributed by atoms with Crippen molar-refractivity contribution < 1.29 is 23.1 Å². The van der Waals surface area contributed by atoms with Crippen molar-refractivity contribution in [2.24, 2.45) is 0 Å². The van der Waals surface area contributed by atoms with Crippen molar-refractivity contribution >= 4 is 13.6 Å². The van der Waals surface area contributed by atoms with Gasteiger partial charge in [0.2, 0.25) is 0 Å². The van der Waals surface area contributed by atoms with Crippen LogP contribution in [-0.4, -0.2) is 25.3 Å².